The monoisotopic (exact) mass is 424 g/mol. The van der Waals surface area contributed by atoms with Gasteiger partial charge < -0.3 is 4.74 Å². The molecule has 0 radical (unpaired) electrons. The van der Waals surface area contributed by atoms with Crippen LogP contribution in [0, 0.1) is 0 Å². The molecular weight excluding hydrogens is 408 g/mol. The van der Waals surface area contributed by atoms with Crippen LogP contribution in [0.4, 0.5) is 5.69 Å². The Labute approximate surface area is 177 Å². The van der Waals surface area contributed by atoms with Crippen molar-refractivity contribution >= 4 is 40.9 Å². The topological polar surface area (TPSA) is 59.5 Å². The molecule has 1 amide bonds. The fraction of sp³-hybridized carbons (Fsp3) is 0.136. The van der Waals surface area contributed by atoms with Gasteiger partial charge in [-0.15, -0.1) is 11.8 Å². The molecule has 0 unspecified atom stereocenters. The Bertz CT molecular complexity index is 1040. The predicted molar refractivity (Wildman–Crippen MR) is 113 cm³/mol. The predicted octanol–water partition coefficient (Wildman–Crippen LogP) is 4.77. The molecule has 7 heteroatoms. The van der Waals surface area contributed by atoms with Gasteiger partial charge in [0.05, 0.1) is 17.3 Å². The minimum atomic E-state index is -0.674. The van der Waals surface area contributed by atoms with Crippen LogP contribution in [0.15, 0.2) is 77.8 Å². The van der Waals surface area contributed by atoms with Gasteiger partial charge in [0, 0.05) is 16.8 Å². The fourth-order valence-corrected chi connectivity index (χ4v) is 4.60. The number of carbonyl (C=O) groups is 2. The van der Waals surface area contributed by atoms with Crippen molar-refractivity contribution in [3.63, 3.8) is 0 Å². The van der Waals surface area contributed by atoms with Crippen molar-refractivity contribution in [3.05, 3.63) is 89.2 Å². The molecule has 5 nitrogen and oxygen atoms in total. The Morgan fingerprint density at radius 3 is 2.62 bits per heavy atom. The van der Waals surface area contributed by atoms with E-state index in [0.717, 1.165) is 21.9 Å². The second-order valence-electron chi connectivity index (χ2n) is 6.39. The van der Waals surface area contributed by atoms with Gasteiger partial charge in [0.25, 0.3) is 5.91 Å². The number of carbonyl (C=O) groups excluding carboxylic acids is 2. The van der Waals surface area contributed by atoms with E-state index in [9.17, 15) is 9.59 Å². The van der Waals surface area contributed by atoms with Gasteiger partial charge in [-0.3, -0.25) is 9.69 Å². The summed E-state index contributed by atoms with van der Waals surface area (Å²) in [5.74, 6) is -0.248. The van der Waals surface area contributed by atoms with E-state index in [2.05, 4.69) is 4.98 Å². The molecule has 0 bridgehead atoms. The minimum Gasteiger partial charge on any atom is -0.452 e. The summed E-state index contributed by atoms with van der Waals surface area (Å²) in [6.45, 7) is -0.383. The number of anilines is 1. The van der Waals surface area contributed by atoms with Gasteiger partial charge in [0.2, 0.25) is 0 Å². The van der Waals surface area contributed by atoms with Gasteiger partial charge in [0.1, 0.15) is 5.15 Å². The summed E-state index contributed by atoms with van der Waals surface area (Å²) in [5.41, 5.74) is 1.98. The number of rotatable bonds is 4. The molecule has 0 saturated heterocycles. The van der Waals surface area contributed by atoms with E-state index in [-0.39, 0.29) is 29.3 Å². The molecular formula is C22H17ClN2O3S. The summed E-state index contributed by atoms with van der Waals surface area (Å²) in [4.78, 5) is 32.1. The molecule has 3 aromatic rings. The Hall–Kier alpha value is -2.83. The zero-order valence-corrected chi connectivity index (χ0v) is 16.9. The van der Waals surface area contributed by atoms with Crippen LogP contribution in [0.3, 0.4) is 0 Å². The third-order valence-electron chi connectivity index (χ3n) is 4.59. The molecule has 29 heavy (non-hydrogen) atoms. The summed E-state index contributed by atoms with van der Waals surface area (Å²) in [6.07, 6.45) is 1.48. The highest BCUT2D eigenvalue weighted by Crippen LogP contribution is 2.43. The molecule has 2 heterocycles. The van der Waals surface area contributed by atoms with E-state index in [4.69, 9.17) is 16.3 Å². The maximum atomic E-state index is 13.2. The van der Waals surface area contributed by atoms with Crippen molar-refractivity contribution in [2.24, 2.45) is 0 Å². The number of halogens is 1. The number of amides is 1. The average molecular weight is 425 g/mol. The first-order chi connectivity index (χ1) is 14.1. The molecule has 0 fully saturated rings. The van der Waals surface area contributed by atoms with Crippen molar-refractivity contribution in [1.29, 1.82) is 0 Å². The highest BCUT2D eigenvalue weighted by Gasteiger charge is 2.33. The summed E-state index contributed by atoms with van der Waals surface area (Å²) in [7, 11) is 0. The van der Waals surface area contributed by atoms with Crippen LogP contribution in [0.25, 0.3) is 0 Å². The van der Waals surface area contributed by atoms with Crippen molar-refractivity contribution < 1.29 is 14.3 Å². The van der Waals surface area contributed by atoms with E-state index in [1.54, 1.807) is 22.7 Å². The number of ether oxygens (including phenoxy) is 1. The number of aromatic nitrogens is 1. The fourth-order valence-electron chi connectivity index (χ4n) is 3.23. The molecule has 0 saturated carbocycles. The number of hydrogen-bond acceptors (Lipinski definition) is 5. The molecule has 4 rings (SSSR count). The number of thioether (sulfide) groups is 1. The Morgan fingerprint density at radius 2 is 1.83 bits per heavy atom. The molecule has 2 aromatic carbocycles. The van der Waals surface area contributed by atoms with Crippen LogP contribution in [-0.4, -0.2) is 29.2 Å². The van der Waals surface area contributed by atoms with Crippen molar-refractivity contribution in [1.82, 2.24) is 4.98 Å². The normalized spacial score (nSPS) is 15.5. The largest absolute Gasteiger partial charge is 0.452 e. The zero-order chi connectivity index (χ0) is 20.2. The van der Waals surface area contributed by atoms with E-state index < -0.39 is 5.97 Å². The maximum Gasteiger partial charge on any atom is 0.341 e. The molecule has 1 aliphatic rings. The zero-order valence-electron chi connectivity index (χ0n) is 15.3. The van der Waals surface area contributed by atoms with Crippen LogP contribution in [0.2, 0.25) is 5.15 Å². The molecule has 1 aromatic heterocycles. The van der Waals surface area contributed by atoms with Crippen molar-refractivity contribution in [2.45, 2.75) is 10.9 Å². The molecule has 0 N–H and O–H groups in total. The van der Waals surface area contributed by atoms with E-state index in [1.807, 2.05) is 54.6 Å². The number of pyridine rings is 1. The maximum absolute atomic E-state index is 13.2. The quantitative estimate of drug-likeness (QED) is 0.446. The lowest BCUT2D eigenvalue weighted by molar-refractivity contribution is -0.122. The van der Waals surface area contributed by atoms with E-state index in [0.29, 0.717) is 0 Å². The Balaban J connectivity index is 1.58. The summed E-state index contributed by atoms with van der Waals surface area (Å²) in [6, 6.07) is 20.6. The lowest BCUT2D eigenvalue weighted by Gasteiger charge is -2.37. The highest BCUT2D eigenvalue weighted by atomic mass is 35.5. The van der Waals surface area contributed by atoms with Crippen LogP contribution in [0.1, 0.15) is 22.0 Å². The van der Waals surface area contributed by atoms with Gasteiger partial charge in [-0.25, -0.2) is 9.78 Å². The van der Waals surface area contributed by atoms with Crippen LogP contribution in [-0.2, 0) is 9.53 Å². The molecule has 1 aliphatic heterocycles. The first-order valence-corrected chi connectivity index (χ1v) is 10.4. The van der Waals surface area contributed by atoms with Crippen molar-refractivity contribution in [3.8, 4) is 0 Å². The molecule has 1 atom stereocenters. The van der Waals surface area contributed by atoms with Gasteiger partial charge in [-0.2, -0.15) is 0 Å². The molecule has 0 spiro atoms. The Morgan fingerprint density at radius 1 is 1.07 bits per heavy atom. The third kappa shape index (κ3) is 4.13. The van der Waals surface area contributed by atoms with Crippen LogP contribution < -0.4 is 4.90 Å². The van der Waals surface area contributed by atoms with Crippen LogP contribution >= 0.6 is 23.4 Å². The lowest BCUT2D eigenvalue weighted by atomic mass is 10.1. The van der Waals surface area contributed by atoms with Crippen LogP contribution in [0.5, 0.6) is 0 Å². The summed E-state index contributed by atoms with van der Waals surface area (Å²) >= 11 is 7.65. The second kappa shape index (κ2) is 8.68. The van der Waals surface area contributed by atoms with Gasteiger partial charge >= 0.3 is 5.97 Å². The van der Waals surface area contributed by atoms with Crippen molar-refractivity contribution in [2.75, 3.05) is 17.3 Å². The lowest BCUT2D eigenvalue weighted by Crippen LogP contribution is -2.41. The summed E-state index contributed by atoms with van der Waals surface area (Å²) in [5, 5.41) is 0.0480. The number of hydrogen-bond donors (Lipinski definition) is 0. The van der Waals surface area contributed by atoms with Gasteiger partial charge in [-0.05, 0) is 29.8 Å². The van der Waals surface area contributed by atoms with E-state index in [1.165, 1.54) is 12.3 Å². The number of benzene rings is 2. The molecule has 0 aliphatic carbocycles. The first-order valence-electron chi connectivity index (χ1n) is 9.01. The second-order valence-corrected chi connectivity index (χ2v) is 7.81. The average Bonchev–Trinajstić information content (AvgIpc) is 2.77. The van der Waals surface area contributed by atoms with Gasteiger partial charge in [0.15, 0.2) is 6.61 Å². The first kappa shape index (κ1) is 19.5. The third-order valence-corrected chi connectivity index (χ3v) is 6.03. The standard InChI is InChI=1S/C22H17ClN2O3S/c23-21-16(9-6-12-24-21)22(27)28-13-20(26)25-17-10-4-5-11-19(17)29-14-18(25)15-7-2-1-3-8-15/h1-12,18H,13-14H2/t18-/m1/s1. The minimum absolute atomic E-state index is 0.0480. The highest BCUT2D eigenvalue weighted by molar-refractivity contribution is 7.99. The Kier molecular flexibility index (Phi) is 5.83. The van der Waals surface area contributed by atoms with E-state index >= 15 is 0 Å². The number of para-hydroxylation sites is 1. The smallest absolute Gasteiger partial charge is 0.341 e. The number of esters is 1. The number of nitrogens with zero attached hydrogens (tertiary/aromatic N) is 2. The van der Waals surface area contributed by atoms with Gasteiger partial charge in [-0.1, -0.05) is 54.1 Å². The number of fused-ring (bicyclic) bond motifs is 1. The SMILES string of the molecule is O=C(OCC(=O)N1c2ccccc2SC[C@@H]1c1ccccc1)c1cccnc1Cl. The molecule has 146 valence electrons. The summed E-state index contributed by atoms with van der Waals surface area (Å²) < 4.78 is 5.26.